The maximum atomic E-state index is 12.7. The van der Waals surface area contributed by atoms with Crippen LogP contribution in [0.1, 0.15) is 188 Å². The number of unbranched alkanes of at least 4 members (excludes halogenated alkanes) is 20. The van der Waals surface area contributed by atoms with Gasteiger partial charge >= 0.3 is 5.97 Å². The molecule has 0 N–H and O–H groups in total. The fraction of sp³-hybridized carbons (Fsp3) is 0.912. The lowest BCUT2D eigenvalue weighted by molar-refractivity contribution is -0.149. The van der Waals surface area contributed by atoms with E-state index in [0.717, 1.165) is 19.3 Å². The first-order valence-electron chi connectivity index (χ1n) is 16.6. The van der Waals surface area contributed by atoms with Crippen molar-refractivity contribution in [3.05, 3.63) is 12.2 Å². The Morgan fingerprint density at radius 2 is 0.861 bits per heavy atom. The number of carbonyl (C=O) groups is 1. The summed E-state index contributed by atoms with van der Waals surface area (Å²) >= 11 is 0. The largest absolute Gasteiger partial charge is 0.465 e. The molecule has 0 saturated heterocycles. The minimum absolute atomic E-state index is 0.0899. The molecule has 0 aliphatic heterocycles. The molecule has 0 aromatic carbocycles. The quantitative estimate of drug-likeness (QED) is 0.0572. The maximum Gasteiger partial charge on any atom is 0.308 e. The van der Waals surface area contributed by atoms with E-state index < -0.39 is 0 Å². The van der Waals surface area contributed by atoms with E-state index in [9.17, 15) is 4.79 Å². The average Bonchev–Trinajstić information content (AvgIpc) is 2.89. The Morgan fingerprint density at radius 3 is 1.33 bits per heavy atom. The molecule has 0 aromatic rings. The third kappa shape index (κ3) is 26.3. The summed E-state index contributed by atoms with van der Waals surface area (Å²) in [5.74, 6) is 0.222. The first-order valence-corrected chi connectivity index (χ1v) is 16.6. The summed E-state index contributed by atoms with van der Waals surface area (Å²) in [6, 6.07) is 0. The van der Waals surface area contributed by atoms with Crippen molar-refractivity contribution in [2.24, 2.45) is 5.92 Å². The van der Waals surface area contributed by atoms with Gasteiger partial charge in [-0.1, -0.05) is 155 Å². The highest BCUT2D eigenvalue weighted by molar-refractivity contribution is 5.72. The zero-order valence-electron chi connectivity index (χ0n) is 25.1. The van der Waals surface area contributed by atoms with Crippen molar-refractivity contribution < 1.29 is 9.53 Å². The molecular weight excluding hydrogens is 440 g/mol. The molecule has 0 aromatic heterocycles. The van der Waals surface area contributed by atoms with E-state index in [1.165, 1.54) is 148 Å². The summed E-state index contributed by atoms with van der Waals surface area (Å²) in [6.07, 6.45) is 37.9. The number of hydrogen-bond acceptors (Lipinski definition) is 2. The van der Waals surface area contributed by atoms with E-state index in [-0.39, 0.29) is 11.9 Å². The first kappa shape index (κ1) is 35.2. The Kier molecular flexibility index (Phi) is 29.8. The van der Waals surface area contributed by atoms with E-state index in [1.807, 2.05) is 0 Å². The summed E-state index contributed by atoms with van der Waals surface area (Å²) < 4.78 is 5.73. The minimum atomic E-state index is 0.0899. The molecule has 36 heavy (non-hydrogen) atoms. The Bertz CT molecular complexity index is 456. The molecule has 0 aliphatic rings. The zero-order valence-corrected chi connectivity index (χ0v) is 25.1. The van der Waals surface area contributed by atoms with Crippen LogP contribution in [0, 0.1) is 5.92 Å². The first-order chi connectivity index (χ1) is 17.8. The van der Waals surface area contributed by atoms with Gasteiger partial charge in [-0.3, -0.25) is 4.79 Å². The molecule has 2 nitrogen and oxygen atoms in total. The van der Waals surface area contributed by atoms with Crippen molar-refractivity contribution in [1.29, 1.82) is 0 Å². The molecule has 214 valence electrons. The number of rotatable bonds is 29. The van der Waals surface area contributed by atoms with Crippen molar-refractivity contribution in [2.45, 2.75) is 188 Å². The highest BCUT2D eigenvalue weighted by Gasteiger charge is 2.19. The van der Waals surface area contributed by atoms with Crippen LogP contribution in [0.3, 0.4) is 0 Å². The number of allylic oxidation sites excluding steroid dienone is 2. The molecule has 0 rings (SSSR count). The van der Waals surface area contributed by atoms with Crippen molar-refractivity contribution in [3.8, 4) is 0 Å². The van der Waals surface area contributed by atoms with E-state index in [4.69, 9.17) is 4.74 Å². The minimum Gasteiger partial charge on any atom is -0.465 e. The van der Waals surface area contributed by atoms with Crippen molar-refractivity contribution in [1.82, 2.24) is 0 Å². The van der Waals surface area contributed by atoms with Gasteiger partial charge in [-0.2, -0.15) is 0 Å². The molecule has 0 spiro atoms. The van der Waals surface area contributed by atoms with Gasteiger partial charge < -0.3 is 4.74 Å². The Hall–Kier alpha value is -0.790. The Morgan fingerprint density at radius 1 is 0.500 bits per heavy atom. The highest BCUT2D eigenvalue weighted by atomic mass is 16.5. The highest BCUT2D eigenvalue weighted by Crippen LogP contribution is 2.21. The van der Waals surface area contributed by atoms with Crippen LogP contribution in [0.25, 0.3) is 0 Å². The summed E-state index contributed by atoms with van der Waals surface area (Å²) in [7, 11) is 0. The molecule has 0 amide bonds. The second kappa shape index (κ2) is 30.4. The maximum absolute atomic E-state index is 12.7. The van der Waals surface area contributed by atoms with Crippen LogP contribution in [0.4, 0.5) is 0 Å². The molecule has 0 saturated carbocycles. The molecule has 0 aliphatic carbocycles. The van der Waals surface area contributed by atoms with Crippen LogP contribution in [0.5, 0.6) is 0 Å². The van der Waals surface area contributed by atoms with Gasteiger partial charge in [0.25, 0.3) is 0 Å². The summed E-state index contributed by atoms with van der Waals surface area (Å²) in [4.78, 5) is 12.7. The predicted molar refractivity (Wildman–Crippen MR) is 161 cm³/mol. The third-order valence-electron chi connectivity index (χ3n) is 7.55. The fourth-order valence-corrected chi connectivity index (χ4v) is 5.01. The van der Waals surface area contributed by atoms with Gasteiger partial charge in [0.1, 0.15) is 0 Å². The molecule has 0 heterocycles. The van der Waals surface area contributed by atoms with E-state index in [1.54, 1.807) is 0 Å². The number of esters is 1. The zero-order chi connectivity index (χ0) is 26.4. The summed E-state index contributed by atoms with van der Waals surface area (Å²) in [5, 5.41) is 0. The van der Waals surface area contributed by atoms with Gasteiger partial charge in [0, 0.05) is 0 Å². The standard InChI is InChI=1S/C34H66O2/c1-4-7-10-13-15-17-18-19-20-21-22-23-25-28-31-33(30-27-12-9-6-3)34(35)36-32-29-26-24-16-14-11-8-5-2/h19-20,33H,4-18,21-32H2,1-3H3/b20-19-. The number of hydrogen-bond donors (Lipinski definition) is 0. The number of ether oxygens (including phenoxy) is 1. The SMILES string of the molecule is CCCCCCCC/C=C\CCCCCCC(CCCCCC)C(=O)OCCCCCCCCCC. The van der Waals surface area contributed by atoms with E-state index >= 15 is 0 Å². The topological polar surface area (TPSA) is 26.3 Å². The van der Waals surface area contributed by atoms with Crippen LogP contribution < -0.4 is 0 Å². The van der Waals surface area contributed by atoms with E-state index in [2.05, 4.69) is 32.9 Å². The van der Waals surface area contributed by atoms with Crippen LogP contribution in [0.2, 0.25) is 0 Å². The Labute approximate surface area is 227 Å². The summed E-state index contributed by atoms with van der Waals surface area (Å²) in [5.41, 5.74) is 0. The fourth-order valence-electron chi connectivity index (χ4n) is 5.01. The molecule has 2 heteroatoms. The van der Waals surface area contributed by atoms with E-state index in [0.29, 0.717) is 6.61 Å². The van der Waals surface area contributed by atoms with Crippen molar-refractivity contribution in [3.63, 3.8) is 0 Å². The summed E-state index contributed by atoms with van der Waals surface area (Å²) in [6.45, 7) is 7.43. The van der Waals surface area contributed by atoms with Crippen LogP contribution in [0.15, 0.2) is 12.2 Å². The molecule has 0 bridgehead atoms. The van der Waals surface area contributed by atoms with Gasteiger partial charge in [0.15, 0.2) is 0 Å². The lowest BCUT2D eigenvalue weighted by Crippen LogP contribution is -2.18. The van der Waals surface area contributed by atoms with Gasteiger partial charge in [0.05, 0.1) is 12.5 Å². The lowest BCUT2D eigenvalue weighted by Gasteiger charge is -2.16. The second-order valence-corrected chi connectivity index (χ2v) is 11.2. The molecule has 1 unspecified atom stereocenters. The van der Waals surface area contributed by atoms with Crippen molar-refractivity contribution >= 4 is 5.97 Å². The molecule has 1 atom stereocenters. The monoisotopic (exact) mass is 507 g/mol. The third-order valence-corrected chi connectivity index (χ3v) is 7.55. The number of carbonyl (C=O) groups excluding carboxylic acids is 1. The normalized spacial score (nSPS) is 12.4. The molecule has 0 fully saturated rings. The van der Waals surface area contributed by atoms with Crippen LogP contribution in [-0.2, 0) is 9.53 Å². The van der Waals surface area contributed by atoms with Crippen LogP contribution >= 0.6 is 0 Å². The van der Waals surface area contributed by atoms with Crippen LogP contribution in [-0.4, -0.2) is 12.6 Å². The molecule has 0 radical (unpaired) electrons. The van der Waals surface area contributed by atoms with Crippen molar-refractivity contribution in [2.75, 3.05) is 6.61 Å². The average molecular weight is 507 g/mol. The van der Waals surface area contributed by atoms with Gasteiger partial charge in [0.2, 0.25) is 0 Å². The molecular formula is C34H66O2. The Balaban J connectivity index is 3.88. The smallest absolute Gasteiger partial charge is 0.308 e. The van der Waals surface area contributed by atoms with Gasteiger partial charge in [-0.25, -0.2) is 0 Å². The lowest BCUT2D eigenvalue weighted by atomic mass is 9.94. The predicted octanol–water partition coefficient (Wildman–Crippen LogP) is 11.9. The van der Waals surface area contributed by atoms with Gasteiger partial charge in [-0.05, 0) is 44.9 Å². The second-order valence-electron chi connectivity index (χ2n) is 11.2. The van der Waals surface area contributed by atoms with Gasteiger partial charge in [-0.15, -0.1) is 0 Å².